The molecule has 0 aliphatic heterocycles. The molecule has 0 bridgehead atoms. The molecule has 0 saturated heterocycles. The van der Waals surface area contributed by atoms with Crippen molar-refractivity contribution in [3.05, 3.63) is 39.3 Å². The molecule has 0 spiro atoms. The second-order valence-corrected chi connectivity index (χ2v) is 7.61. The number of non-ortho nitro benzene ring substituents is 1. The van der Waals surface area contributed by atoms with Gasteiger partial charge in [-0.3, -0.25) is 19.7 Å². The number of thiophene rings is 1. The Morgan fingerprint density at radius 1 is 1.44 bits per heavy atom. The standard InChI is InChI=1S/C19H19N3O4S/c1-3-11-8-15(11)18(23)21-13(4-2)10-20-19(24)17-9-12-7-14(22(25)26)5-6-16(12)27-17/h1,5-7,9,11,13,15H,4,8,10H2,2H3,(H,20,24)(H,21,23)/t11-,13+,15+/m0/s1. The molecule has 1 heterocycles. The summed E-state index contributed by atoms with van der Waals surface area (Å²) in [5, 5.41) is 17.3. The van der Waals surface area contributed by atoms with E-state index in [9.17, 15) is 19.7 Å². The van der Waals surface area contributed by atoms with E-state index in [1.165, 1.54) is 23.5 Å². The molecule has 3 rings (SSSR count). The van der Waals surface area contributed by atoms with Gasteiger partial charge in [-0.15, -0.1) is 23.7 Å². The quantitative estimate of drug-likeness (QED) is 0.435. The van der Waals surface area contributed by atoms with Crippen LogP contribution in [0.4, 0.5) is 5.69 Å². The van der Waals surface area contributed by atoms with Crippen molar-refractivity contribution >= 4 is 38.9 Å². The number of carbonyl (C=O) groups excluding carboxylic acids is 2. The van der Waals surface area contributed by atoms with Crippen molar-refractivity contribution in [2.75, 3.05) is 6.54 Å². The first-order valence-electron chi connectivity index (χ1n) is 8.65. The number of nitro groups is 1. The Bertz CT molecular complexity index is 946. The summed E-state index contributed by atoms with van der Waals surface area (Å²) in [6.07, 6.45) is 6.72. The molecule has 0 unspecified atom stereocenters. The highest BCUT2D eigenvalue weighted by Crippen LogP contribution is 2.37. The second-order valence-electron chi connectivity index (χ2n) is 6.53. The van der Waals surface area contributed by atoms with Crippen molar-refractivity contribution in [2.24, 2.45) is 11.8 Å². The van der Waals surface area contributed by atoms with Gasteiger partial charge >= 0.3 is 0 Å². The average Bonchev–Trinajstić information content (AvgIpc) is 3.33. The van der Waals surface area contributed by atoms with Crippen LogP contribution in [-0.4, -0.2) is 29.3 Å². The average molecular weight is 385 g/mol. The Hall–Kier alpha value is -2.92. The van der Waals surface area contributed by atoms with E-state index in [2.05, 4.69) is 16.6 Å². The van der Waals surface area contributed by atoms with Crippen LogP contribution in [0.2, 0.25) is 0 Å². The third-order valence-electron chi connectivity index (χ3n) is 4.62. The number of benzene rings is 1. The highest BCUT2D eigenvalue weighted by molar-refractivity contribution is 7.20. The molecule has 1 aliphatic rings. The fourth-order valence-corrected chi connectivity index (χ4v) is 3.79. The lowest BCUT2D eigenvalue weighted by molar-refractivity contribution is -0.384. The zero-order chi connectivity index (χ0) is 19.6. The van der Waals surface area contributed by atoms with Crippen LogP contribution >= 0.6 is 11.3 Å². The molecule has 8 heteroatoms. The van der Waals surface area contributed by atoms with Crippen LogP contribution in [0.5, 0.6) is 0 Å². The smallest absolute Gasteiger partial charge is 0.270 e. The van der Waals surface area contributed by atoms with Crippen LogP contribution in [0.1, 0.15) is 29.4 Å². The predicted molar refractivity (Wildman–Crippen MR) is 103 cm³/mol. The van der Waals surface area contributed by atoms with E-state index in [1.54, 1.807) is 12.1 Å². The largest absolute Gasteiger partial charge is 0.351 e. The normalized spacial score (nSPS) is 19.1. The number of rotatable bonds is 7. The van der Waals surface area contributed by atoms with Crippen molar-refractivity contribution in [3.8, 4) is 12.3 Å². The number of fused-ring (bicyclic) bond motifs is 1. The highest BCUT2D eigenvalue weighted by atomic mass is 32.1. The molecule has 7 nitrogen and oxygen atoms in total. The lowest BCUT2D eigenvalue weighted by Gasteiger charge is -2.17. The van der Waals surface area contributed by atoms with E-state index in [4.69, 9.17) is 6.42 Å². The number of hydrogen-bond donors (Lipinski definition) is 2. The molecular weight excluding hydrogens is 366 g/mol. The summed E-state index contributed by atoms with van der Waals surface area (Å²) in [4.78, 5) is 35.4. The molecule has 2 aromatic rings. The van der Waals surface area contributed by atoms with Gasteiger partial charge in [0.1, 0.15) is 0 Å². The van der Waals surface area contributed by atoms with Gasteiger partial charge in [0.05, 0.1) is 15.7 Å². The summed E-state index contributed by atoms with van der Waals surface area (Å²) in [6.45, 7) is 2.24. The molecule has 140 valence electrons. The SMILES string of the molecule is C#C[C@H]1C[C@H]1C(=O)N[C@H](CC)CNC(=O)c1cc2cc([N+](=O)[O-])ccc2s1. The third kappa shape index (κ3) is 4.26. The minimum atomic E-state index is -0.462. The topological polar surface area (TPSA) is 101 Å². The maximum absolute atomic E-state index is 12.4. The van der Waals surface area contributed by atoms with E-state index in [-0.39, 0.29) is 35.4 Å². The number of terminal acetylenes is 1. The van der Waals surface area contributed by atoms with Gasteiger partial charge in [-0.05, 0) is 25.0 Å². The highest BCUT2D eigenvalue weighted by Gasteiger charge is 2.42. The van der Waals surface area contributed by atoms with Crippen molar-refractivity contribution < 1.29 is 14.5 Å². The molecule has 1 aromatic heterocycles. The van der Waals surface area contributed by atoms with Gasteiger partial charge in [0.15, 0.2) is 0 Å². The Morgan fingerprint density at radius 2 is 2.22 bits per heavy atom. The number of hydrogen-bond acceptors (Lipinski definition) is 5. The number of nitrogens with zero attached hydrogens (tertiary/aromatic N) is 1. The molecule has 1 fully saturated rings. The first kappa shape index (κ1) is 18.9. The predicted octanol–water partition coefficient (Wildman–Crippen LogP) is 2.70. The zero-order valence-corrected chi connectivity index (χ0v) is 15.5. The fraction of sp³-hybridized carbons (Fsp3) is 0.368. The Kier molecular flexibility index (Phi) is 5.42. The molecule has 2 N–H and O–H groups in total. The molecule has 1 aromatic carbocycles. The summed E-state index contributed by atoms with van der Waals surface area (Å²) in [5.41, 5.74) is -0.00799. The number of carbonyl (C=O) groups is 2. The third-order valence-corrected chi connectivity index (χ3v) is 5.74. The van der Waals surface area contributed by atoms with E-state index in [0.717, 1.165) is 11.1 Å². The molecule has 0 radical (unpaired) electrons. The van der Waals surface area contributed by atoms with Gasteiger partial charge < -0.3 is 10.6 Å². The van der Waals surface area contributed by atoms with Gasteiger partial charge in [-0.2, -0.15) is 0 Å². The van der Waals surface area contributed by atoms with E-state index in [0.29, 0.717) is 23.2 Å². The van der Waals surface area contributed by atoms with Gasteiger partial charge in [-0.25, -0.2) is 0 Å². The van der Waals surface area contributed by atoms with Crippen molar-refractivity contribution in [3.63, 3.8) is 0 Å². The summed E-state index contributed by atoms with van der Waals surface area (Å²) in [7, 11) is 0. The van der Waals surface area contributed by atoms with Crippen LogP contribution < -0.4 is 10.6 Å². The first-order chi connectivity index (χ1) is 12.9. The Morgan fingerprint density at radius 3 is 2.85 bits per heavy atom. The lowest BCUT2D eigenvalue weighted by Crippen LogP contribution is -2.44. The van der Waals surface area contributed by atoms with Gasteiger partial charge in [0.2, 0.25) is 5.91 Å². The molecule has 2 amide bonds. The van der Waals surface area contributed by atoms with Crippen molar-refractivity contribution in [2.45, 2.75) is 25.8 Å². The van der Waals surface area contributed by atoms with Crippen LogP contribution in [0.3, 0.4) is 0 Å². The van der Waals surface area contributed by atoms with E-state index < -0.39 is 4.92 Å². The summed E-state index contributed by atoms with van der Waals surface area (Å²) >= 11 is 1.27. The molecule has 27 heavy (non-hydrogen) atoms. The number of amides is 2. The fourth-order valence-electron chi connectivity index (χ4n) is 2.83. The van der Waals surface area contributed by atoms with E-state index >= 15 is 0 Å². The van der Waals surface area contributed by atoms with E-state index in [1.807, 2.05) is 6.92 Å². The summed E-state index contributed by atoms with van der Waals surface area (Å²) in [5.74, 6) is 2.17. The summed E-state index contributed by atoms with van der Waals surface area (Å²) in [6, 6.07) is 5.99. The van der Waals surface area contributed by atoms with Crippen LogP contribution in [0.15, 0.2) is 24.3 Å². The zero-order valence-electron chi connectivity index (χ0n) is 14.7. The Labute approximate surface area is 160 Å². The lowest BCUT2D eigenvalue weighted by atomic mass is 10.2. The number of nitrogens with one attached hydrogen (secondary N) is 2. The molecule has 3 atom stereocenters. The first-order valence-corrected chi connectivity index (χ1v) is 9.47. The summed E-state index contributed by atoms with van der Waals surface area (Å²) < 4.78 is 0.806. The second kappa shape index (κ2) is 7.76. The van der Waals surface area contributed by atoms with Crippen LogP contribution in [0.25, 0.3) is 10.1 Å². The maximum atomic E-state index is 12.4. The molecular formula is C19H19N3O4S. The molecule has 1 saturated carbocycles. The number of nitro benzene ring substituents is 1. The van der Waals surface area contributed by atoms with Crippen LogP contribution in [0, 0.1) is 34.3 Å². The maximum Gasteiger partial charge on any atom is 0.270 e. The van der Waals surface area contributed by atoms with Gasteiger partial charge in [-0.1, -0.05) is 6.92 Å². The molecule has 1 aliphatic carbocycles. The minimum Gasteiger partial charge on any atom is -0.351 e. The monoisotopic (exact) mass is 385 g/mol. The van der Waals surface area contributed by atoms with Crippen molar-refractivity contribution in [1.29, 1.82) is 0 Å². The van der Waals surface area contributed by atoms with Gasteiger partial charge in [0, 0.05) is 40.7 Å². The minimum absolute atomic E-state index is 0.00799. The Balaban J connectivity index is 1.59. The van der Waals surface area contributed by atoms with Gasteiger partial charge in [0.25, 0.3) is 11.6 Å². The van der Waals surface area contributed by atoms with Crippen molar-refractivity contribution in [1.82, 2.24) is 10.6 Å². The van der Waals surface area contributed by atoms with Crippen LogP contribution in [-0.2, 0) is 4.79 Å².